The monoisotopic (exact) mass is 187 g/mol. The summed E-state index contributed by atoms with van der Waals surface area (Å²) < 4.78 is 0. The number of carbonyl (C=O) groups is 1. The Kier molecular flexibility index (Phi) is 9.10. The van der Waals surface area contributed by atoms with Gasteiger partial charge < -0.3 is 10.4 Å². The molecule has 0 aliphatic rings. The first kappa shape index (κ1) is 12.4. The highest BCUT2D eigenvalue weighted by Gasteiger charge is 2.01. The van der Waals surface area contributed by atoms with Crippen LogP contribution in [-0.4, -0.2) is 24.2 Å². The highest BCUT2D eigenvalue weighted by Crippen LogP contribution is 2.07. The molecule has 0 saturated carbocycles. The molecule has 1 atom stereocenters. The fourth-order valence-corrected chi connectivity index (χ4v) is 1.25. The summed E-state index contributed by atoms with van der Waals surface area (Å²) in [5, 5.41) is 12.0. The molecular weight excluding hydrogens is 166 g/mol. The molecule has 2 N–H and O–H groups in total. The molecule has 0 rings (SSSR count). The summed E-state index contributed by atoms with van der Waals surface area (Å²) >= 11 is 0. The van der Waals surface area contributed by atoms with Crippen LogP contribution < -0.4 is 5.32 Å². The third kappa shape index (κ3) is 9.34. The van der Waals surface area contributed by atoms with E-state index < -0.39 is 0 Å². The Morgan fingerprint density at radius 3 is 2.62 bits per heavy atom. The Bertz CT molecular complexity index is 117. The van der Waals surface area contributed by atoms with E-state index in [1.807, 2.05) is 0 Å². The van der Waals surface area contributed by atoms with Gasteiger partial charge in [0.2, 0.25) is 6.41 Å². The molecule has 0 aromatic carbocycles. The highest BCUT2D eigenvalue weighted by atomic mass is 16.3. The van der Waals surface area contributed by atoms with Gasteiger partial charge in [0.25, 0.3) is 0 Å². The van der Waals surface area contributed by atoms with Gasteiger partial charge in [-0.15, -0.1) is 0 Å². The van der Waals surface area contributed by atoms with E-state index >= 15 is 0 Å². The van der Waals surface area contributed by atoms with E-state index in [2.05, 4.69) is 12.2 Å². The van der Waals surface area contributed by atoms with Crippen LogP contribution in [0.1, 0.15) is 45.4 Å². The Hall–Kier alpha value is -0.570. The van der Waals surface area contributed by atoms with E-state index in [-0.39, 0.29) is 6.10 Å². The molecule has 3 nitrogen and oxygen atoms in total. The smallest absolute Gasteiger partial charge is 0.207 e. The van der Waals surface area contributed by atoms with Crippen LogP contribution in [0.5, 0.6) is 0 Å². The van der Waals surface area contributed by atoms with Gasteiger partial charge in [0, 0.05) is 6.54 Å². The minimum atomic E-state index is -0.142. The van der Waals surface area contributed by atoms with Crippen LogP contribution in [0.4, 0.5) is 0 Å². The van der Waals surface area contributed by atoms with Gasteiger partial charge >= 0.3 is 0 Å². The largest absolute Gasteiger partial charge is 0.393 e. The number of rotatable bonds is 9. The molecule has 0 fully saturated rings. The minimum absolute atomic E-state index is 0.142. The standard InChI is InChI=1S/C10H21NO2/c1-2-3-6-10(13)7-4-5-8-11-9-12/h9-10,13H,2-8H2,1H3,(H,11,12). The van der Waals surface area contributed by atoms with Crippen molar-refractivity contribution in [1.82, 2.24) is 5.32 Å². The molecule has 0 aliphatic heterocycles. The molecule has 78 valence electrons. The van der Waals surface area contributed by atoms with Crippen molar-refractivity contribution in [2.75, 3.05) is 6.54 Å². The van der Waals surface area contributed by atoms with Crippen molar-refractivity contribution in [3.63, 3.8) is 0 Å². The number of aliphatic hydroxyl groups is 1. The van der Waals surface area contributed by atoms with Gasteiger partial charge in [-0.05, 0) is 25.7 Å². The summed E-state index contributed by atoms with van der Waals surface area (Å²) in [7, 11) is 0. The molecule has 3 heteroatoms. The third-order valence-electron chi connectivity index (χ3n) is 2.08. The number of hydrogen-bond acceptors (Lipinski definition) is 2. The molecule has 0 saturated heterocycles. The summed E-state index contributed by atoms with van der Waals surface area (Å²) in [6.07, 6.45) is 6.55. The molecular formula is C10H21NO2. The maximum absolute atomic E-state index is 9.88. The number of nitrogens with one attached hydrogen (secondary N) is 1. The molecule has 1 unspecified atom stereocenters. The summed E-state index contributed by atoms with van der Waals surface area (Å²) in [6.45, 7) is 2.85. The zero-order valence-corrected chi connectivity index (χ0v) is 8.46. The topological polar surface area (TPSA) is 49.3 Å². The third-order valence-corrected chi connectivity index (χ3v) is 2.08. The normalized spacial score (nSPS) is 12.5. The van der Waals surface area contributed by atoms with Crippen LogP contribution in [-0.2, 0) is 4.79 Å². The average molecular weight is 187 g/mol. The number of unbranched alkanes of at least 4 members (excludes halogenated alkanes) is 2. The van der Waals surface area contributed by atoms with Crippen molar-refractivity contribution < 1.29 is 9.90 Å². The Balaban J connectivity index is 3.07. The lowest BCUT2D eigenvalue weighted by Gasteiger charge is -2.08. The molecule has 0 spiro atoms. The Morgan fingerprint density at radius 2 is 2.00 bits per heavy atom. The van der Waals surface area contributed by atoms with Crippen molar-refractivity contribution in [3.05, 3.63) is 0 Å². The second kappa shape index (κ2) is 9.52. The molecule has 0 aliphatic carbocycles. The van der Waals surface area contributed by atoms with Gasteiger partial charge in [-0.3, -0.25) is 4.79 Å². The summed E-state index contributed by atoms with van der Waals surface area (Å²) in [6, 6.07) is 0. The Labute approximate surface area is 80.5 Å². The molecule has 0 radical (unpaired) electrons. The lowest BCUT2D eigenvalue weighted by Crippen LogP contribution is -2.13. The van der Waals surface area contributed by atoms with Crippen LogP contribution in [0.3, 0.4) is 0 Å². The molecule has 0 aromatic heterocycles. The predicted molar refractivity (Wildman–Crippen MR) is 53.4 cm³/mol. The van der Waals surface area contributed by atoms with Crippen molar-refractivity contribution in [2.45, 2.75) is 51.6 Å². The van der Waals surface area contributed by atoms with Gasteiger partial charge in [-0.1, -0.05) is 19.8 Å². The van der Waals surface area contributed by atoms with E-state index in [1.54, 1.807) is 0 Å². The first-order valence-corrected chi connectivity index (χ1v) is 5.16. The first-order chi connectivity index (χ1) is 6.31. The minimum Gasteiger partial charge on any atom is -0.393 e. The van der Waals surface area contributed by atoms with E-state index in [0.29, 0.717) is 6.41 Å². The van der Waals surface area contributed by atoms with Crippen LogP contribution in [0.25, 0.3) is 0 Å². The van der Waals surface area contributed by atoms with Crippen LogP contribution in [0.2, 0.25) is 0 Å². The van der Waals surface area contributed by atoms with Gasteiger partial charge in [-0.2, -0.15) is 0 Å². The van der Waals surface area contributed by atoms with Crippen LogP contribution >= 0.6 is 0 Å². The van der Waals surface area contributed by atoms with E-state index in [1.165, 1.54) is 0 Å². The highest BCUT2D eigenvalue weighted by molar-refractivity contribution is 5.45. The van der Waals surface area contributed by atoms with Crippen molar-refractivity contribution in [3.8, 4) is 0 Å². The van der Waals surface area contributed by atoms with Gasteiger partial charge in [-0.25, -0.2) is 0 Å². The lowest BCUT2D eigenvalue weighted by molar-refractivity contribution is -0.109. The Morgan fingerprint density at radius 1 is 1.31 bits per heavy atom. The first-order valence-electron chi connectivity index (χ1n) is 5.16. The molecule has 1 amide bonds. The summed E-state index contributed by atoms with van der Waals surface area (Å²) in [5.41, 5.74) is 0. The van der Waals surface area contributed by atoms with Crippen LogP contribution in [0.15, 0.2) is 0 Å². The molecule has 0 heterocycles. The fraction of sp³-hybridized carbons (Fsp3) is 0.900. The maximum atomic E-state index is 9.88. The molecule has 13 heavy (non-hydrogen) atoms. The van der Waals surface area contributed by atoms with Crippen LogP contribution in [0, 0.1) is 0 Å². The zero-order chi connectivity index (χ0) is 9.94. The van der Waals surface area contributed by atoms with Crippen molar-refractivity contribution in [1.29, 1.82) is 0 Å². The second-order valence-corrected chi connectivity index (χ2v) is 3.36. The lowest BCUT2D eigenvalue weighted by atomic mass is 10.1. The second-order valence-electron chi connectivity index (χ2n) is 3.36. The number of carbonyl (C=O) groups excluding carboxylic acids is 1. The number of aliphatic hydroxyl groups excluding tert-OH is 1. The predicted octanol–water partition coefficient (Wildman–Crippen LogP) is 1.45. The van der Waals surface area contributed by atoms with E-state index in [0.717, 1.165) is 45.1 Å². The van der Waals surface area contributed by atoms with E-state index in [9.17, 15) is 9.90 Å². The van der Waals surface area contributed by atoms with Crippen molar-refractivity contribution in [2.24, 2.45) is 0 Å². The van der Waals surface area contributed by atoms with E-state index in [4.69, 9.17) is 0 Å². The fourth-order valence-electron chi connectivity index (χ4n) is 1.25. The molecule has 0 bridgehead atoms. The van der Waals surface area contributed by atoms with Crippen molar-refractivity contribution >= 4 is 6.41 Å². The molecule has 0 aromatic rings. The quantitative estimate of drug-likeness (QED) is 0.424. The summed E-state index contributed by atoms with van der Waals surface area (Å²) in [5.74, 6) is 0. The average Bonchev–Trinajstić information content (AvgIpc) is 2.14. The maximum Gasteiger partial charge on any atom is 0.207 e. The van der Waals surface area contributed by atoms with Gasteiger partial charge in [0.1, 0.15) is 0 Å². The summed E-state index contributed by atoms with van der Waals surface area (Å²) in [4.78, 5) is 9.88. The SMILES string of the molecule is CCCCC(O)CCCCNC=O. The number of hydrogen-bond donors (Lipinski definition) is 2. The zero-order valence-electron chi connectivity index (χ0n) is 8.46. The van der Waals surface area contributed by atoms with Gasteiger partial charge in [0.15, 0.2) is 0 Å². The van der Waals surface area contributed by atoms with Gasteiger partial charge in [0.05, 0.1) is 6.10 Å². The number of amides is 1.